The molecule has 0 aromatic carbocycles. The summed E-state index contributed by atoms with van der Waals surface area (Å²) in [7, 11) is 0. The second-order valence-electron chi connectivity index (χ2n) is 5.22. The molecule has 0 radical (unpaired) electrons. The Balaban J connectivity index is 2.49. The summed E-state index contributed by atoms with van der Waals surface area (Å²) in [5.41, 5.74) is 0.359. The molecule has 0 aliphatic carbocycles. The summed E-state index contributed by atoms with van der Waals surface area (Å²) in [5, 5.41) is 3.89. The largest absolute Gasteiger partial charge is 0.381 e. The summed E-state index contributed by atoms with van der Waals surface area (Å²) in [6.45, 7) is 11.2. The fraction of sp³-hybridized carbons (Fsp3) is 1.00. The molecule has 1 N–H and O–H groups in total. The normalized spacial score (nSPS) is 21.0. The zero-order chi connectivity index (χ0) is 12.0. The molecule has 0 aromatic rings. The van der Waals surface area contributed by atoms with Crippen LogP contribution in [-0.2, 0) is 4.74 Å². The van der Waals surface area contributed by atoms with E-state index >= 15 is 0 Å². The van der Waals surface area contributed by atoms with Crippen LogP contribution in [0.5, 0.6) is 0 Å². The Kier molecular flexibility index (Phi) is 5.77. The first-order valence-electron chi connectivity index (χ1n) is 7.03. The number of hydrogen-bond acceptors (Lipinski definition) is 2. The Bertz CT molecular complexity index is 175. The van der Waals surface area contributed by atoms with E-state index < -0.39 is 0 Å². The van der Waals surface area contributed by atoms with Gasteiger partial charge in [0.1, 0.15) is 0 Å². The van der Waals surface area contributed by atoms with Crippen LogP contribution in [0.3, 0.4) is 0 Å². The molecule has 2 heteroatoms. The van der Waals surface area contributed by atoms with E-state index in [1.807, 2.05) is 0 Å². The lowest BCUT2D eigenvalue weighted by molar-refractivity contribution is 0.0497. The van der Waals surface area contributed by atoms with Gasteiger partial charge in [0.25, 0.3) is 0 Å². The van der Waals surface area contributed by atoms with Crippen molar-refractivity contribution in [2.75, 3.05) is 13.2 Å². The Morgan fingerprint density at radius 3 is 2.06 bits per heavy atom. The number of rotatable bonds is 6. The summed E-state index contributed by atoms with van der Waals surface area (Å²) < 4.78 is 5.43. The first kappa shape index (κ1) is 14.0. The lowest BCUT2D eigenvalue weighted by atomic mass is 9.85. The van der Waals surface area contributed by atoms with E-state index in [9.17, 15) is 0 Å². The molecule has 0 spiro atoms. The maximum atomic E-state index is 5.43. The predicted octanol–water partition coefficient (Wildman–Crippen LogP) is 3.36. The SMILES string of the molecule is CCC(CC)(CC)NC(C)C1CCOCC1. The van der Waals surface area contributed by atoms with Gasteiger partial charge in [-0.05, 0) is 44.9 Å². The lowest BCUT2D eigenvalue weighted by Gasteiger charge is -2.39. The van der Waals surface area contributed by atoms with Crippen LogP contribution >= 0.6 is 0 Å². The van der Waals surface area contributed by atoms with E-state index in [0.29, 0.717) is 11.6 Å². The summed E-state index contributed by atoms with van der Waals surface area (Å²) in [6, 6.07) is 0.628. The molecule has 1 aliphatic rings. The Morgan fingerprint density at radius 2 is 1.62 bits per heavy atom. The second kappa shape index (κ2) is 6.61. The minimum atomic E-state index is 0.359. The molecule has 1 fully saturated rings. The molecule has 0 aromatic heterocycles. The predicted molar refractivity (Wildman–Crippen MR) is 69.7 cm³/mol. The Labute approximate surface area is 101 Å². The lowest BCUT2D eigenvalue weighted by Crippen LogP contribution is -2.51. The van der Waals surface area contributed by atoms with Gasteiger partial charge in [-0.3, -0.25) is 0 Å². The van der Waals surface area contributed by atoms with Gasteiger partial charge in [0.05, 0.1) is 0 Å². The number of nitrogens with one attached hydrogen (secondary N) is 1. The van der Waals surface area contributed by atoms with Gasteiger partial charge in [-0.2, -0.15) is 0 Å². The molecule has 0 bridgehead atoms. The first-order valence-corrected chi connectivity index (χ1v) is 7.03. The van der Waals surface area contributed by atoms with E-state index in [1.165, 1.54) is 32.1 Å². The third-order valence-corrected chi connectivity index (χ3v) is 4.54. The van der Waals surface area contributed by atoms with Crippen LogP contribution in [0.2, 0.25) is 0 Å². The summed E-state index contributed by atoms with van der Waals surface area (Å²) >= 11 is 0. The average Bonchev–Trinajstić information content (AvgIpc) is 2.37. The van der Waals surface area contributed by atoms with Crippen molar-refractivity contribution < 1.29 is 4.74 Å². The van der Waals surface area contributed by atoms with Crippen LogP contribution in [0, 0.1) is 5.92 Å². The van der Waals surface area contributed by atoms with Gasteiger partial charge in [-0.1, -0.05) is 20.8 Å². The van der Waals surface area contributed by atoms with Gasteiger partial charge in [-0.15, -0.1) is 0 Å². The van der Waals surface area contributed by atoms with E-state index in [2.05, 4.69) is 33.0 Å². The van der Waals surface area contributed by atoms with Gasteiger partial charge in [0.15, 0.2) is 0 Å². The topological polar surface area (TPSA) is 21.3 Å². The molecule has 0 saturated carbocycles. The monoisotopic (exact) mass is 227 g/mol. The number of ether oxygens (including phenoxy) is 1. The molecule has 1 saturated heterocycles. The Morgan fingerprint density at radius 1 is 1.12 bits per heavy atom. The third-order valence-electron chi connectivity index (χ3n) is 4.54. The van der Waals surface area contributed by atoms with Crippen LogP contribution < -0.4 is 5.32 Å². The van der Waals surface area contributed by atoms with Crippen molar-refractivity contribution in [1.82, 2.24) is 5.32 Å². The van der Waals surface area contributed by atoms with Gasteiger partial charge < -0.3 is 10.1 Å². The standard InChI is InChI=1S/C14H29NO/c1-5-14(6-2,7-3)15-12(4)13-8-10-16-11-9-13/h12-13,15H,5-11H2,1-4H3. The quantitative estimate of drug-likeness (QED) is 0.751. The van der Waals surface area contributed by atoms with Gasteiger partial charge in [0.2, 0.25) is 0 Å². The van der Waals surface area contributed by atoms with Crippen molar-refractivity contribution in [2.45, 2.75) is 71.4 Å². The van der Waals surface area contributed by atoms with Gasteiger partial charge in [0, 0.05) is 24.8 Å². The molecule has 2 nitrogen and oxygen atoms in total. The van der Waals surface area contributed by atoms with Crippen molar-refractivity contribution in [3.63, 3.8) is 0 Å². The highest BCUT2D eigenvalue weighted by molar-refractivity contribution is 4.88. The smallest absolute Gasteiger partial charge is 0.0469 e. The minimum Gasteiger partial charge on any atom is -0.381 e. The fourth-order valence-corrected chi connectivity index (χ4v) is 2.87. The summed E-state index contributed by atoms with van der Waals surface area (Å²) in [4.78, 5) is 0. The molecule has 96 valence electrons. The van der Waals surface area contributed by atoms with Crippen molar-refractivity contribution in [3.05, 3.63) is 0 Å². The van der Waals surface area contributed by atoms with Crippen LogP contribution in [-0.4, -0.2) is 24.8 Å². The molecule has 1 heterocycles. The number of hydrogen-bond donors (Lipinski definition) is 1. The van der Waals surface area contributed by atoms with E-state index in [1.54, 1.807) is 0 Å². The van der Waals surface area contributed by atoms with Crippen LogP contribution in [0.1, 0.15) is 59.8 Å². The van der Waals surface area contributed by atoms with Crippen molar-refractivity contribution >= 4 is 0 Å². The van der Waals surface area contributed by atoms with Gasteiger partial charge >= 0.3 is 0 Å². The van der Waals surface area contributed by atoms with E-state index in [4.69, 9.17) is 4.74 Å². The summed E-state index contributed by atoms with van der Waals surface area (Å²) in [5.74, 6) is 0.803. The fourth-order valence-electron chi connectivity index (χ4n) is 2.87. The van der Waals surface area contributed by atoms with Gasteiger partial charge in [-0.25, -0.2) is 0 Å². The highest BCUT2D eigenvalue weighted by Gasteiger charge is 2.29. The van der Waals surface area contributed by atoms with Crippen LogP contribution in [0.4, 0.5) is 0 Å². The minimum absolute atomic E-state index is 0.359. The second-order valence-corrected chi connectivity index (χ2v) is 5.22. The highest BCUT2D eigenvalue weighted by atomic mass is 16.5. The van der Waals surface area contributed by atoms with E-state index in [0.717, 1.165) is 19.1 Å². The third kappa shape index (κ3) is 3.46. The van der Waals surface area contributed by atoms with E-state index in [-0.39, 0.29) is 0 Å². The molecule has 1 unspecified atom stereocenters. The molecule has 1 atom stereocenters. The highest BCUT2D eigenvalue weighted by Crippen LogP contribution is 2.25. The summed E-state index contributed by atoms with van der Waals surface area (Å²) in [6.07, 6.45) is 6.14. The maximum absolute atomic E-state index is 5.43. The molecular weight excluding hydrogens is 198 g/mol. The van der Waals surface area contributed by atoms with Crippen LogP contribution in [0.15, 0.2) is 0 Å². The Hall–Kier alpha value is -0.0800. The molecule has 0 amide bonds. The molecule has 16 heavy (non-hydrogen) atoms. The zero-order valence-electron chi connectivity index (χ0n) is 11.5. The molecule has 1 aliphatic heterocycles. The first-order chi connectivity index (χ1) is 7.67. The molecular formula is C14H29NO. The average molecular weight is 227 g/mol. The van der Waals surface area contributed by atoms with Crippen molar-refractivity contribution in [2.24, 2.45) is 5.92 Å². The molecule has 1 rings (SSSR count). The van der Waals surface area contributed by atoms with Crippen LogP contribution in [0.25, 0.3) is 0 Å². The maximum Gasteiger partial charge on any atom is 0.0469 e. The van der Waals surface area contributed by atoms with Crippen molar-refractivity contribution in [3.8, 4) is 0 Å². The zero-order valence-corrected chi connectivity index (χ0v) is 11.5. The van der Waals surface area contributed by atoms with Crippen molar-refractivity contribution in [1.29, 1.82) is 0 Å².